The number of benzene rings is 2. The molecule has 0 radical (unpaired) electrons. The van der Waals surface area contributed by atoms with Crippen LogP contribution in [0.5, 0.6) is 0 Å². The molecule has 0 atom stereocenters. The molecule has 0 aliphatic carbocycles. The lowest BCUT2D eigenvalue weighted by Crippen LogP contribution is -2.30. The molecule has 0 saturated carbocycles. The third-order valence-corrected chi connectivity index (χ3v) is 4.07. The van der Waals surface area contributed by atoms with Gasteiger partial charge in [0.1, 0.15) is 17.8 Å². The predicted molar refractivity (Wildman–Crippen MR) is 109 cm³/mol. The number of amides is 1. The van der Waals surface area contributed by atoms with E-state index in [1.54, 1.807) is 48.7 Å². The summed E-state index contributed by atoms with van der Waals surface area (Å²) in [6, 6.07) is 19.5. The van der Waals surface area contributed by atoms with Crippen molar-refractivity contribution >= 4 is 22.5 Å². The summed E-state index contributed by atoms with van der Waals surface area (Å²) in [5.74, 6) is 5.60. The summed E-state index contributed by atoms with van der Waals surface area (Å²) in [7, 11) is 0. The van der Waals surface area contributed by atoms with Crippen LogP contribution in [0.4, 0.5) is 5.69 Å². The summed E-state index contributed by atoms with van der Waals surface area (Å²) >= 11 is 0. The van der Waals surface area contributed by atoms with E-state index in [4.69, 9.17) is 0 Å². The van der Waals surface area contributed by atoms with Crippen LogP contribution in [-0.4, -0.2) is 25.9 Å². The van der Waals surface area contributed by atoms with Crippen LogP contribution in [0, 0.1) is 11.8 Å². The van der Waals surface area contributed by atoms with Gasteiger partial charge in [0.25, 0.3) is 5.56 Å². The van der Waals surface area contributed by atoms with Gasteiger partial charge < -0.3 is 5.32 Å². The molecule has 2 heterocycles. The molecule has 2 aromatic heterocycles. The largest absolute Gasteiger partial charge is 0.324 e. The first kappa shape index (κ1) is 18.1. The van der Waals surface area contributed by atoms with Crippen molar-refractivity contribution in [2.75, 3.05) is 5.32 Å². The number of aromatic nitrogens is 4. The Balaban J connectivity index is 1.49. The van der Waals surface area contributed by atoms with Gasteiger partial charge >= 0.3 is 0 Å². The van der Waals surface area contributed by atoms with Crippen molar-refractivity contribution in [3.8, 4) is 11.8 Å². The van der Waals surface area contributed by atoms with Crippen LogP contribution in [0.2, 0.25) is 0 Å². The normalized spacial score (nSPS) is 10.2. The number of anilines is 1. The first-order chi connectivity index (χ1) is 14.2. The third kappa shape index (κ3) is 4.34. The number of fused-ring (bicyclic) bond motifs is 1. The van der Waals surface area contributed by atoms with Crippen LogP contribution in [0.15, 0.2) is 77.7 Å². The molecule has 29 heavy (non-hydrogen) atoms. The Morgan fingerprint density at radius 1 is 1.00 bits per heavy atom. The second kappa shape index (κ2) is 8.15. The molecule has 7 nitrogen and oxygen atoms in total. The fourth-order valence-corrected chi connectivity index (χ4v) is 2.71. The third-order valence-electron chi connectivity index (χ3n) is 4.07. The summed E-state index contributed by atoms with van der Waals surface area (Å²) in [6.45, 7) is -0.236. The number of nitrogens with one attached hydrogen (secondary N) is 1. The highest BCUT2D eigenvalue weighted by Crippen LogP contribution is 2.10. The van der Waals surface area contributed by atoms with E-state index >= 15 is 0 Å². The minimum Gasteiger partial charge on any atom is -0.324 e. The summed E-state index contributed by atoms with van der Waals surface area (Å²) < 4.78 is 1.04. The number of carbonyl (C=O) groups excluding carboxylic acids is 1. The van der Waals surface area contributed by atoms with E-state index < -0.39 is 0 Å². The Morgan fingerprint density at radius 3 is 2.72 bits per heavy atom. The van der Waals surface area contributed by atoms with Gasteiger partial charge in [-0.2, -0.15) is 0 Å². The first-order valence-corrected chi connectivity index (χ1v) is 8.84. The molecule has 2 aromatic carbocycles. The Labute approximate surface area is 166 Å². The maximum Gasteiger partial charge on any atom is 0.278 e. The molecule has 0 bridgehead atoms. The van der Waals surface area contributed by atoms with Gasteiger partial charge in [0.05, 0.1) is 5.39 Å². The van der Waals surface area contributed by atoms with Gasteiger partial charge in [0.15, 0.2) is 0 Å². The highest BCUT2D eigenvalue weighted by molar-refractivity contribution is 5.90. The zero-order valence-electron chi connectivity index (χ0n) is 15.2. The predicted octanol–water partition coefficient (Wildman–Crippen LogP) is 2.22. The lowest BCUT2D eigenvalue weighted by molar-refractivity contribution is -0.117. The first-order valence-electron chi connectivity index (χ1n) is 8.84. The maximum absolute atomic E-state index is 12.4. The standard InChI is InChI=1S/C22H15N5O2/c28-21(15-27-22(29)19-9-1-2-10-20(19)25-26-27)24-18-8-5-6-16(14-18)11-12-17-7-3-4-13-23-17/h1-10,13-14H,15H2,(H,24,28). The molecule has 0 spiro atoms. The fourth-order valence-electron chi connectivity index (χ4n) is 2.71. The second-order valence-corrected chi connectivity index (χ2v) is 6.16. The maximum atomic E-state index is 12.4. The zero-order valence-corrected chi connectivity index (χ0v) is 15.2. The summed E-state index contributed by atoms with van der Waals surface area (Å²) in [4.78, 5) is 29.0. The molecule has 4 aromatic rings. The minimum atomic E-state index is -0.383. The Morgan fingerprint density at radius 2 is 1.86 bits per heavy atom. The molecule has 1 amide bonds. The zero-order chi connectivity index (χ0) is 20.1. The van der Waals surface area contributed by atoms with Gasteiger partial charge in [0, 0.05) is 17.4 Å². The topological polar surface area (TPSA) is 89.8 Å². The average Bonchev–Trinajstić information content (AvgIpc) is 2.75. The van der Waals surface area contributed by atoms with E-state index in [0.717, 1.165) is 10.2 Å². The molecule has 7 heteroatoms. The minimum absolute atomic E-state index is 0.236. The molecule has 0 aliphatic rings. The molecule has 4 rings (SSSR count). The summed E-state index contributed by atoms with van der Waals surface area (Å²) in [5, 5.41) is 11.0. The van der Waals surface area contributed by atoms with E-state index in [9.17, 15) is 9.59 Å². The molecule has 0 saturated heterocycles. The van der Waals surface area contributed by atoms with Crippen LogP contribution < -0.4 is 10.9 Å². The number of hydrogen-bond donors (Lipinski definition) is 1. The molecule has 0 fully saturated rings. The number of rotatable bonds is 3. The van der Waals surface area contributed by atoms with Crippen molar-refractivity contribution in [1.29, 1.82) is 0 Å². The monoisotopic (exact) mass is 381 g/mol. The van der Waals surface area contributed by atoms with E-state index in [-0.39, 0.29) is 18.0 Å². The number of hydrogen-bond acceptors (Lipinski definition) is 5. The molecule has 0 unspecified atom stereocenters. The van der Waals surface area contributed by atoms with Crippen molar-refractivity contribution in [3.63, 3.8) is 0 Å². The average molecular weight is 381 g/mol. The fraction of sp³-hybridized carbons (Fsp3) is 0.0455. The number of pyridine rings is 1. The van der Waals surface area contributed by atoms with Gasteiger partial charge in [-0.05, 0) is 48.4 Å². The lowest BCUT2D eigenvalue weighted by atomic mass is 10.2. The van der Waals surface area contributed by atoms with Crippen LogP contribution in [0.25, 0.3) is 10.9 Å². The molecular formula is C22H15N5O2. The van der Waals surface area contributed by atoms with Crippen molar-refractivity contribution in [3.05, 3.63) is 94.5 Å². The van der Waals surface area contributed by atoms with Gasteiger partial charge in [-0.1, -0.05) is 35.4 Å². The van der Waals surface area contributed by atoms with Gasteiger partial charge in [0.2, 0.25) is 5.91 Å². The molecular weight excluding hydrogens is 366 g/mol. The van der Waals surface area contributed by atoms with Crippen molar-refractivity contribution in [2.45, 2.75) is 6.54 Å². The Hall–Kier alpha value is -4.31. The van der Waals surface area contributed by atoms with Crippen LogP contribution in [0.3, 0.4) is 0 Å². The van der Waals surface area contributed by atoms with E-state index in [1.807, 2.05) is 24.3 Å². The van der Waals surface area contributed by atoms with Crippen molar-refractivity contribution in [2.24, 2.45) is 0 Å². The van der Waals surface area contributed by atoms with E-state index in [2.05, 4.69) is 32.5 Å². The van der Waals surface area contributed by atoms with Crippen molar-refractivity contribution < 1.29 is 4.79 Å². The highest BCUT2D eigenvalue weighted by Gasteiger charge is 2.09. The Kier molecular flexibility index (Phi) is 5.08. The van der Waals surface area contributed by atoms with Gasteiger partial charge in [-0.3, -0.25) is 9.59 Å². The smallest absolute Gasteiger partial charge is 0.278 e. The lowest BCUT2D eigenvalue weighted by Gasteiger charge is -2.07. The Bertz CT molecular complexity index is 1300. The van der Waals surface area contributed by atoms with E-state index in [1.165, 1.54) is 0 Å². The summed E-state index contributed by atoms with van der Waals surface area (Å²) in [5.41, 5.74) is 2.10. The van der Waals surface area contributed by atoms with Crippen molar-refractivity contribution in [1.82, 2.24) is 20.0 Å². The number of carbonyl (C=O) groups is 1. The van der Waals surface area contributed by atoms with Crippen LogP contribution in [-0.2, 0) is 11.3 Å². The highest BCUT2D eigenvalue weighted by atomic mass is 16.2. The SMILES string of the molecule is O=C(Cn1nnc2ccccc2c1=O)Nc1cccc(C#Cc2ccccn2)c1. The van der Waals surface area contributed by atoms with E-state index in [0.29, 0.717) is 22.3 Å². The number of nitrogens with zero attached hydrogens (tertiary/aromatic N) is 4. The molecule has 140 valence electrons. The van der Waals surface area contributed by atoms with Crippen LogP contribution >= 0.6 is 0 Å². The quantitative estimate of drug-likeness (QED) is 0.550. The molecule has 0 aliphatic heterocycles. The van der Waals surface area contributed by atoms with Crippen LogP contribution in [0.1, 0.15) is 11.3 Å². The second-order valence-electron chi connectivity index (χ2n) is 6.16. The summed E-state index contributed by atoms with van der Waals surface area (Å²) in [6.07, 6.45) is 1.68. The molecule has 1 N–H and O–H groups in total. The van der Waals surface area contributed by atoms with Gasteiger partial charge in [-0.15, -0.1) is 5.10 Å². The van der Waals surface area contributed by atoms with Gasteiger partial charge in [-0.25, -0.2) is 9.67 Å².